The summed E-state index contributed by atoms with van der Waals surface area (Å²) in [6.07, 6.45) is 5.70. The van der Waals surface area contributed by atoms with E-state index in [4.69, 9.17) is 0 Å². The average Bonchev–Trinajstić information content (AvgIpc) is 3.03. The van der Waals surface area contributed by atoms with E-state index in [1.165, 1.54) is 48.1 Å². The summed E-state index contributed by atoms with van der Waals surface area (Å²) < 4.78 is 1.32. The fourth-order valence-electron chi connectivity index (χ4n) is 3.57. The van der Waals surface area contributed by atoms with Gasteiger partial charge in [0.1, 0.15) is 0 Å². The summed E-state index contributed by atoms with van der Waals surface area (Å²) in [5.41, 5.74) is 1.40. The van der Waals surface area contributed by atoms with Crippen LogP contribution in [0.1, 0.15) is 42.2 Å². The Morgan fingerprint density at radius 1 is 1.32 bits per heavy atom. The number of hydrogen-bond acceptors (Lipinski definition) is 3. The lowest BCUT2D eigenvalue weighted by atomic mass is 9.94. The first-order valence-corrected chi connectivity index (χ1v) is 9.07. The summed E-state index contributed by atoms with van der Waals surface area (Å²) in [6.45, 7) is 6.92. The second-order valence-corrected chi connectivity index (χ2v) is 8.28. The van der Waals surface area contributed by atoms with E-state index in [1.54, 1.807) is 4.88 Å². The monoisotopic (exact) mass is 342 g/mol. The Morgan fingerprint density at radius 3 is 2.58 bits per heavy atom. The number of rotatable bonds is 3. The molecule has 2 fully saturated rings. The van der Waals surface area contributed by atoms with Crippen LogP contribution < -0.4 is 5.32 Å². The Kier molecular flexibility index (Phi) is 4.62. The van der Waals surface area contributed by atoms with Gasteiger partial charge in [-0.3, -0.25) is 4.90 Å². The summed E-state index contributed by atoms with van der Waals surface area (Å²) in [4.78, 5) is 4.31. The van der Waals surface area contributed by atoms with Gasteiger partial charge in [0.25, 0.3) is 0 Å². The molecule has 2 aliphatic rings. The molecule has 0 bridgehead atoms. The molecule has 0 amide bonds. The predicted octanol–water partition coefficient (Wildman–Crippen LogP) is 3.96. The van der Waals surface area contributed by atoms with Crippen molar-refractivity contribution in [2.24, 2.45) is 5.92 Å². The van der Waals surface area contributed by atoms with Gasteiger partial charge in [-0.15, -0.1) is 11.3 Å². The molecule has 1 atom stereocenters. The minimum Gasteiger partial charge on any atom is -0.314 e. The molecule has 3 rings (SSSR count). The smallest absolute Gasteiger partial charge is 0.0731 e. The lowest BCUT2D eigenvalue weighted by Crippen LogP contribution is -2.46. The molecule has 1 aliphatic heterocycles. The molecule has 1 aromatic rings. The molecule has 4 heteroatoms. The van der Waals surface area contributed by atoms with Crippen LogP contribution in [0.15, 0.2) is 9.85 Å². The fraction of sp³-hybridized carbons (Fsp3) is 0.733. The van der Waals surface area contributed by atoms with Crippen molar-refractivity contribution < 1.29 is 0 Å². The van der Waals surface area contributed by atoms with Crippen molar-refractivity contribution in [3.8, 4) is 0 Å². The van der Waals surface area contributed by atoms with Gasteiger partial charge in [0.15, 0.2) is 0 Å². The maximum absolute atomic E-state index is 3.70. The minimum absolute atomic E-state index is 0.666. The number of thiophene rings is 1. The van der Waals surface area contributed by atoms with E-state index in [9.17, 15) is 0 Å². The Labute approximate surface area is 128 Å². The molecule has 0 spiro atoms. The van der Waals surface area contributed by atoms with Crippen molar-refractivity contribution in [3.63, 3.8) is 0 Å². The summed E-state index contributed by atoms with van der Waals surface area (Å²) in [5.74, 6) is 0.878. The highest BCUT2D eigenvalue weighted by atomic mass is 79.9. The van der Waals surface area contributed by atoms with E-state index in [0.717, 1.165) is 19.0 Å². The van der Waals surface area contributed by atoms with E-state index in [2.05, 4.69) is 39.1 Å². The third-order valence-electron chi connectivity index (χ3n) is 4.56. The number of aryl methyl sites for hydroxylation is 1. The molecule has 1 aliphatic carbocycles. The first-order valence-electron chi connectivity index (χ1n) is 7.46. The maximum Gasteiger partial charge on any atom is 0.0731 e. The van der Waals surface area contributed by atoms with Crippen LogP contribution in [0.5, 0.6) is 0 Å². The van der Waals surface area contributed by atoms with Crippen molar-refractivity contribution in [2.45, 2.75) is 38.6 Å². The van der Waals surface area contributed by atoms with Gasteiger partial charge in [-0.2, -0.15) is 0 Å². The van der Waals surface area contributed by atoms with Crippen molar-refractivity contribution >= 4 is 27.3 Å². The largest absolute Gasteiger partial charge is 0.314 e. The number of nitrogens with one attached hydrogen (secondary N) is 1. The maximum atomic E-state index is 3.70. The molecule has 1 N–H and O–H groups in total. The normalized spacial score (nSPS) is 23.9. The molecule has 1 saturated carbocycles. The van der Waals surface area contributed by atoms with Crippen LogP contribution in [0, 0.1) is 12.8 Å². The SMILES string of the molecule is Cc1cc([C@H](C2CCCC2)N2CCNCC2)sc1Br. The molecule has 19 heavy (non-hydrogen) atoms. The van der Waals surface area contributed by atoms with Crippen molar-refractivity contribution in [1.29, 1.82) is 0 Å². The molecule has 2 nitrogen and oxygen atoms in total. The molecule has 0 radical (unpaired) electrons. The zero-order chi connectivity index (χ0) is 13.2. The molecule has 106 valence electrons. The van der Waals surface area contributed by atoms with Gasteiger partial charge in [0.05, 0.1) is 3.79 Å². The molecule has 2 heterocycles. The lowest BCUT2D eigenvalue weighted by molar-refractivity contribution is 0.128. The number of hydrogen-bond donors (Lipinski definition) is 1. The summed E-state index contributed by atoms with van der Waals surface area (Å²) in [7, 11) is 0. The molecule has 1 saturated heterocycles. The molecular weight excluding hydrogens is 320 g/mol. The van der Waals surface area contributed by atoms with Crippen LogP contribution in [0.3, 0.4) is 0 Å². The zero-order valence-corrected chi connectivity index (χ0v) is 14.0. The number of piperazine rings is 1. The average molecular weight is 343 g/mol. The van der Waals surface area contributed by atoms with Gasteiger partial charge in [0.2, 0.25) is 0 Å². The topological polar surface area (TPSA) is 15.3 Å². The van der Waals surface area contributed by atoms with E-state index in [1.807, 2.05) is 11.3 Å². The third-order valence-corrected chi connectivity index (χ3v) is 6.77. The van der Waals surface area contributed by atoms with E-state index < -0.39 is 0 Å². The molecule has 1 aromatic heterocycles. The summed E-state index contributed by atoms with van der Waals surface area (Å²) in [6, 6.07) is 3.08. The van der Waals surface area contributed by atoms with Crippen molar-refractivity contribution in [2.75, 3.05) is 26.2 Å². The highest BCUT2D eigenvalue weighted by molar-refractivity contribution is 9.11. The standard InChI is InChI=1S/C15H23BrN2S/c1-11-10-13(19-15(11)16)14(12-4-2-3-5-12)18-8-6-17-7-9-18/h10,12,14,17H,2-9H2,1H3/t14-/m0/s1. The highest BCUT2D eigenvalue weighted by Crippen LogP contribution is 2.43. The highest BCUT2D eigenvalue weighted by Gasteiger charge is 2.33. The molecule has 0 aromatic carbocycles. The second-order valence-electron chi connectivity index (χ2n) is 5.88. The van der Waals surface area contributed by atoms with Crippen molar-refractivity contribution in [3.05, 3.63) is 20.3 Å². The van der Waals surface area contributed by atoms with E-state index in [-0.39, 0.29) is 0 Å². The summed E-state index contributed by atoms with van der Waals surface area (Å²) >= 11 is 5.66. The predicted molar refractivity (Wildman–Crippen MR) is 85.9 cm³/mol. The van der Waals surface area contributed by atoms with Crippen LogP contribution in [-0.4, -0.2) is 31.1 Å². The van der Waals surface area contributed by atoms with Crippen LogP contribution in [0.25, 0.3) is 0 Å². The van der Waals surface area contributed by atoms with E-state index >= 15 is 0 Å². The van der Waals surface area contributed by atoms with Crippen LogP contribution in [-0.2, 0) is 0 Å². The van der Waals surface area contributed by atoms with Gasteiger partial charge in [-0.1, -0.05) is 12.8 Å². The lowest BCUT2D eigenvalue weighted by Gasteiger charge is -2.37. The number of halogens is 1. The van der Waals surface area contributed by atoms with Gasteiger partial charge in [0, 0.05) is 37.1 Å². The Bertz CT molecular complexity index is 400. The fourth-order valence-corrected chi connectivity index (χ4v) is 5.37. The van der Waals surface area contributed by atoms with E-state index in [0.29, 0.717) is 6.04 Å². The molecular formula is C15H23BrN2S. The second kappa shape index (κ2) is 6.25. The Morgan fingerprint density at radius 2 is 2.00 bits per heavy atom. The van der Waals surface area contributed by atoms with Gasteiger partial charge >= 0.3 is 0 Å². The first-order chi connectivity index (χ1) is 9.25. The third kappa shape index (κ3) is 3.07. The quantitative estimate of drug-likeness (QED) is 0.894. The van der Waals surface area contributed by atoms with Crippen LogP contribution >= 0.6 is 27.3 Å². The summed E-state index contributed by atoms with van der Waals surface area (Å²) in [5, 5.41) is 3.48. The minimum atomic E-state index is 0.666. The molecule has 0 unspecified atom stereocenters. The van der Waals surface area contributed by atoms with Crippen molar-refractivity contribution in [1.82, 2.24) is 10.2 Å². The van der Waals surface area contributed by atoms with Gasteiger partial charge in [-0.25, -0.2) is 0 Å². The Balaban J connectivity index is 1.86. The number of nitrogens with zero attached hydrogens (tertiary/aromatic N) is 1. The first kappa shape index (κ1) is 14.1. The van der Waals surface area contributed by atoms with Gasteiger partial charge in [-0.05, 0) is 53.2 Å². The zero-order valence-electron chi connectivity index (χ0n) is 11.6. The van der Waals surface area contributed by atoms with Gasteiger partial charge < -0.3 is 5.32 Å². The Hall–Kier alpha value is 0.100. The van der Waals surface area contributed by atoms with Crippen LogP contribution in [0.2, 0.25) is 0 Å². The van der Waals surface area contributed by atoms with Crippen LogP contribution in [0.4, 0.5) is 0 Å².